The van der Waals surface area contributed by atoms with Crippen LogP contribution >= 0.6 is 0 Å². The minimum absolute atomic E-state index is 0.121. The van der Waals surface area contributed by atoms with Crippen LogP contribution in [0.4, 0.5) is 0 Å². The fourth-order valence-corrected chi connectivity index (χ4v) is 1.76. The van der Waals surface area contributed by atoms with Crippen LogP contribution in [0.1, 0.15) is 21.5 Å². The van der Waals surface area contributed by atoms with Crippen LogP contribution in [-0.4, -0.2) is 11.0 Å². The van der Waals surface area contributed by atoms with Crippen molar-refractivity contribution in [3.63, 3.8) is 0 Å². The van der Waals surface area contributed by atoms with Gasteiger partial charge in [-0.3, -0.25) is 10.2 Å². The minimum Gasteiger partial charge on any atom is -0.508 e. The second-order valence-electron chi connectivity index (χ2n) is 4.24. The SMILES string of the molecule is Cc1c(O)cccc1C(=O)NNCc1ccccc1. The first kappa shape index (κ1) is 13.1. The molecule has 0 aliphatic heterocycles. The van der Waals surface area contributed by atoms with Crippen molar-refractivity contribution in [3.8, 4) is 5.75 Å². The molecule has 0 heterocycles. The van der Waals surface area contributed by atoms with Crippen molar-refractivity contribution in [1.82, 2.24) is 10.9 Å². The second kappa shape index (κ2) is 6.02. The monoisotopic (exact) mass is 256 g/mol. The summed E-state index contributed by atoms with van der Waals surface area (Å²) in [4.78, 5) is 11.9. The van der Waals surface area contributed by atoms with Crippen molar-refractivity contribution in [1.29, 1.82) is 0 Å². The van der Waals surface area contributed by atoms with Gasteiger partial charge in [-0.15, -0.1) is 0 Å². The van der Waals surface area contributed by atoms with Gasteiger partial charge in [-0.25, -0.2) is 5.43 Å². The van der Waals surface area contributed by atoms with Crippen LogP contribution in [0.3, 0.4) is 0 Å². The molecule has 0 atom stereocenters. The molecular weight excluding hydrogens is 240 g/mol. The molecule has 0 fully saturated rings. The number of nitrogens with one attached hydrogen (secondary N) is 2. The molecule has 0 aliphatic rings. The molecular formula is C15H16N2O2. The predicted octanol–water partition coefficient (Wildman–Crippen LogP) is 2.14. The van der Waals surface area contributed by atoms with Crippen molar-refractivity contribution < 1.29 is 9.90 Å². The molecule has 2 rings (SSSR count). The molecule has 3 N–H and O–H groups in total. The van der Waals surface area contributed by atoms with Gasteiger partial charge in [-0.2, -0.15) is 0 Å². The highest BCUT2D eigenvalue weighted by Crippen LogP contribution is 2.19. The number of phenolic OH excluding ortho intramolecular Hbond substituents is 1. The highest BCUT2D eigenvalue weighted by Gasteiger charge is 2.10. The van der Waals surface area contributed by atoms with E-state index in [4.69, 9.17) is 0 Å². The van der Waals surface area contributed by atoms with Crippen LogP contribution in [0, 0.1) is 6.92 Å². The van der Waals surface area contributed by atoms with E-state index in [0.717, 1.165) is 5.56 Å². The maximum atomic E-state index is 11.9. The van der Waals surface area contributed by atoms with Crippen LogP contribution in [0.5, 0.6) is 5.75 Å². The maximum Gasteiger partial charge on any atom is 0.265 e. The summed E-state index contributed by atoms with van der Waals surface area (Å²) in [5.74, 6) is -0.139. The van der Waals surface area contributed by atoms with Gasteiger partial charge >= 0.3 is 0 Å². The maximum absolute atomic E-state index is 11.9. The summed E-state index contributed by atoms with van der Waals surface area (Å²) in [6.45, 7) is 2.26. The Balaban J connectivity index is 1.93. The van der Waals surface area contributed by atoms with E-state index >= 15 is 0 Å². The van der Waals surface area contributed by atoms with Crippen molar-refractivity contribution in [3.05, 3.63) is 65.2 Å². The van der Waals surface area contributed by atoms with Crippen LogP contribution in [0.25, 0.3) is 0 Å². The summed E-state index contributed by atoms with van der Waals surface area (Å²) in [7, 11) is 0. The van der Waals surface area contributed by atoms with Crippen molar-refractivity contribution in [2.75, 3.05) is 0 Å². The molecule has 0 saturated heterocycles. The molecule has 4 nitrogen and oxygen atoms in total. The molecule has 0 unspecified atom stereocenters. The molecule has 2 aromatic rings. The summed E-state index contributed by atoms with van der Waals surface area (Å²) in [6, 6.07) is 14.7. The summed E-state index contributed by atoms with van der Waals surface area (Å²) in [5, 5.41) is 9.55. The highest BCUT2D eigenvalue weighted by molar-refractivity contribution is 5.95. The number of carbonyl (C=O) groups is 1. The topological polar surface area (TPSA) is 61.4 Å². The van der Waals surface area contributed by atoms with E-state index in [2.05, 4.69) is 10.9 Å². The first-order valence-corrected chi connectivity index (χ1v) is 6.04. The summed E-state index contributed by atoms with van der Waals surface area (Å²) < 4.78 is 0. The van der Waals surface area contributed by atoms with Gasteiger partial charge in [0.1, 0.15) is 5.75 Å². The fourth-order valence-electron chi connectivity index (χ4n) is 1.76. The van der Waals surface area contributed by atoms with E-state index in [0.29, 0.717) is 17.7 Å². The summed E-state index contributed by atoms with van der Waals surface area (Å²) >= 11 is 0. The third-order valence-electron chi connectivity index (χ3n) is 2.89. The molecule has 1 amide bonds. The van der Waals surface area contributed by atoms with Gasteiger partial charge in [0, 0.05) is 17.7 Å². The Hall–Kier alpha value is -2.33. The molecule has 0 bridgehead atoms. The Morgan fingerprint density at radius 3 is 2.58 bits per heavy atom. The van der Waals surface area contributed by atoms with Crippen LogP contribution < -0.4 is 10.9 Å². The number of aromatic hydroxyl groups is 1. The smallest absolute Gasteiger partial charge is 0.265 e. The van der Waals surface area contributed by atoms with Crippen molar-refractivity contribution >= 4 is 5.91 Å². The molecule has 0 aliphatic carbocycles. The Labute approximate surface area is 112 Å². The minimum atomic E-state index is -0.260. The first-order valence-electron chi connectivity index (χ1n) is 6.04. The van der Waals surface area contributed by atoms with Crippen LogP contribution in [0.15, 0.2) is 48.5 Å². The van der Waals surface area contributed by atoms with Gasteiger partial charge in [0.2, 0.25) is 0 Å². The van der Waals surface area contributed by atoms with E-state index in [1.54, 1.807) is 25.1 Å². The lowest BCUT2D eigenvalue weighted by atomic mass is 10.1. The Bertz CT molecular complexity index is 568. The van der Waals surface area contributed by atoms with Crippen molar-refractivity contribution in [2.24, 2.45) is 0 Å². The molecule has 19 heavy (non-hydrogen) atoms. The van der Waals surface area contributed by atoms with E-state index in [1.807, 2.05) is 30.3 Å². The van der Waals surface area contributed by atoms with E-state index in [-0.39, 0.29) is 11.7 Å². The molecule has 2 aromatic carbocycles. The number of carbonyl (C=O) groups excluding carboxylic acids is 1. The van der Waals surface area contributed by atoms with Gasteiger partial charge in [0.05, 0.1) is 0 Å². The van der Waals surface area contributed by atoms with Gasteiger partial charge in [0.15, 0.2) is 0 Å². The first-order chi connectivity index (χ1) is 9.18. The zero-order valence-electron chi connectivity index (χ0n) is 10.7. The second-order valence-corrected chi connectivity index (χ2v) is 4.24. The van der Waals surface area contributed by atoms with Gasteiger partial charge in [-0.1, -0.05) is 36.4 Å². The van der Waals surface area contributed by atoms with Gasteiger partial charge in [-0.05, 0) is 24.6 Å². The third kappa shape index (κ3) is 3.33. The zero-order valence-corrected chi connectivity index (χ0v) is 10.7. The quantitative estimate of drug-likeness (QED) is 0.734. The van der Waals surface area contributed by atoms with Crippen molar-refractivity contribution in [2.45, 2.75) is 13.5 Å². The number of phenols is 1. The number of hydrogen-bond acceptors (Lipinski definition) is 3. The fraction of sp³-hybridized carbons (Fsp3) is 0.133. The third-order valence-corrected chi connectivity index (χ3v) is 2.89. The lowest BCUT2D eigenvalue weighted by molar-refractivity contribution is 0.0931. The van der Waals surface area contributed by atoms with E-state index in [9.17, 15) is 9.90 Å². The predicted molar refractivity (Wildman–Crippen MR) is 73.6 cm³/mol. The lowest BCUT2D eigenvalue weighted by Gasteiger charge is -2.09. The molecule has 0 saturated carbocycles. The number of hydrazine groups is 1. The molecule has 4 heteroatoms. The lowest BCUT2D eigenvalue weighted by Crippen LogP contribution is -2.37. The summed E-state index contributed by atoms with van der Waals surface area (Å²) in [5.41, 5.74) is 7.59. The van der Waals surface area contributed by atoms with E-state index in [1.165, 1.54) is 0 Å². The van der Waals surface area contributed by atoms with Gasteiger partial charge in [0.25, 0.3) is 5.91 Å². The molecule has 0 aromatic heterocycles. The number of amides is 1. The number of benzene rings is 2. The van der Waals surface area contributed by atoms with Crippen LogP contribution in [-0.2, 0) is 6.54 Å². The Kier molecular flexibility index (Phi) is 4.15. The largest absolute Gasteiger partial charge is 0.508 e. The zero-order chi connectivity index (χ0) is 13.7. The standard InChI is InChI=1S/C15H16N2O2/c1-11-13(8-5-9-14(11)18)15(19)17-16-10-12-6-3-2-4-7-12/h2-9,16,18H,10H2,1H3,(H,17,19). The van der Waals surface area contributed by atoms with Crippen LogP contribution in [0.2, 0.25) is 0 Å². The average molecular weight is 256 g/mol. The van der Waals surface area contributed by atoms with E-state index < -0.39 is 0 Å². The summed E-state index contributed by atoms with van der Waals surface area (Å²) in [6.07, 6.45) is 0. The molecule has 98 valence electrons. The van der Waals surface area contributed by atoms with Gasteiger partial charge < -0.3 is 5.11 Å². The highest BCUT2D eigenvalue weighted by atomic mass is 16.3. The normalized spacial score (nSPS) is 10.2. The number of rotatable bonds is 4. The molecule has 0 radical (unpaired) electrons. The number of hydrogen-bond donors (Lipinski definition) is 3. The Morgan fingerprint density at radius 2 is 1.84 bits per heavy atom. The Morgan fingerprint density at radius 1 is 1.11 bits per heavy atom. The molecule has 0 spiro atoms. The average Bonchev–Trinajstić information content (AvgIpc) is 2.43.